The lowest BCUT2D eigenvalue weighted by Gasteiger charge is -2.27. The number of hydrogen-bond donors (Lipinski definition) is 1. The summed E-state index contributed by atoms with van der Waals surface area (Å²) in [7, 11) is 1.39. The summed E-state index contributed by atoms with van der Waals surface area (Å²) in [6.45, 7) is 3.78. The van der Waals surface area contributed by atoms with Crippen LogP contribution in [0.5, 0.6) is 0 Å². The summed E-state index contributed by atoms with van der Waals surface area (Å²) in [5, 5.41) is 10.1. The molecule has 0 aromatic heterocycles. The van der Waals surface area contributed by atoms with Crippen molar-refractivity contribution in [2.45, 2.75) is 69.5 Å². The lowest BCUT2D eigenvalue weighted by atomic mass is 9.76. The molecule has 2 saturated heterocycles. The molecule has 0 saturated carbocycles. The number of rotatable bonds is 10. The molecule has 2 aliphatic heterocycles. The normalized spacial score (nSPS) is 26.3. The third-order valence-corrected chi connectivity index (χ3v) is 7.48. The van der Waals surface area contributed by atoms with Crippen molar-refractivity contribution in [3.05, 3.63) is 42.5 Å². The molecule has 1 aromatic rings. The summed E-state index contributed by atoms with van der Waals surface area (Å²) < 4.78 is 6.25. The first kappa shape index (κ1) is 22.4. The second-order valence-corrected chi connectivity index (χ2v) is 10.2. The minimum Gasteiger partial charge on any atom is -0.374 e. The van der Waals surface area contributed by atoms with Gasteiger partial charge < -0.3 is 4.74 Å². The zero-order valence-electron chi connectivity index (χ0n) is 17.9. The molecule has 0 radical (unpaired) electrons. The number of ether oxygens (including phenoxy) is 1. The molecule has 2 bridgehead atoms. The van der Waals surface area contributed by atoms with Gasteiger partial charge >= 0.3 is 0 Å². The average molecular weight is 418 g/mol. The number of carbonyl (C=O) groups is 1. The van der Waals surface area contributed by atoms with E-state index in [1.165, 1.54) is 31.2 Å². The second-order valence-electron chi connectivity index (χ2n) is 9.03. The van der Waals surface area contributed by atoms with Crippen molar-refractivity contribution in [1.82, 2.24) is 5.06 Å². The van der Waals surface area contributed by atoms with Crippen LogP contribution in [0.2, 0.25) is 0 Å². The third-order valence-electron chi connectivity index (χ3n) is 6.44. The molecular formula is C24H35NO3S. The van der Waals surface area contributed by atoms with E-state index in [2.05, 4.69) is 42.5 Å². The maximum Gasteiger partial charge on any atom is 0.251 e. The van der Waals surface area contributed by atoms with Crippen molar-refractivity contribution in [2.75, 3.05) is 12.8 Å². The minimum atomic E-state index is -0.541. The van der Waals surface area contributed by atoms with Gasteiger partial charge in [0, 0.05) is 17.4 Å². The maximum absolute atomic E-state index is 12.0. The fourth-order valence-electron chi connectivity index (χ4n) is 4.79. The number of thioether (sulfide) groups is 1. The van der Waals surface area contributed by atoms with Crippen LogP contribution < -0.4 is 0 Å². The number of nitrogens with zero attached hydrogens (tertiary/aromatic N) is 1. The molecule has 160 valence electrons. The number of hydrogen-bond acceptors (Lipinski definition) is 4. The molecule has 0 spiro atoms. The zero-order chi connectivity index (χ0) is 20.9. The number of allylic oxidation sites excluding steroid dienone is 2. The van der Waals surface area contributed by atoms with Gasteiger partial charge in [0.25, 0.3) is 5.91 Å². The Morgan fingerprint density at radius 2 is 1.90 bits per heavy atom. The van der Waals surface area contributed by atoms with Crippen LogP contribution in [0.3, 0.4) is 0 Å². The second kappa shape index (κ2) is 10.1. The fourth-order valence-corrected chi connectivity index (χ4v) is 5.76. The van der Waals surface area contributed by atoms with E-state index in [4.69, 9.17) is 4.74 Å². The van der Waals surface area contributed by atoms with E-state index in [-0.39, 0.29) is 5.91 Å². The van der Waals surface area contributed by atoms with E-state index in [0.29, 0.717) is 29.1 Å². The Morgan fingerprint density at radius 1 is 1.21 bits per heavy atom. The van der Waals surface area contributed by atoms with Gasteiger partial charge in [-0.05, 0) is 68.2 Å². The largest absolute Gasteiger partial charge is 0.374 e. The molecule has 5 heteroatoms. The standard InChI is InChI=1S/C24H35NO3S/c1-24(2,23(26)25(3)27)16-9-5-8-12-19-20(22-14-13-21(19)28-22)15-17-29-18-10-6-4-7-11-18/h4-8,10-11,19-22,27H,9,12-17H2,1-3H3/b8-5-/t19-,20+,21-,22+/m1/s1. The molecule has 1 aromatic carbocycles. The lowest BCUT2D eigenvalue weighted by Crippen LogP contribution is -2.36. The van der Waals surface area contributed by atoms with Crippen molar-refractivity contribution in [3.63, 3.8) is 0 Å². The number of fused-ring (bicyclic) bond motifs is 2. The fraction of sp³-hybridized carbons (Fsp3) is 0.625. The SMILES string of the molecule is CN(O)C(=O)C(C)(C)CC/C=C\C[C@@H]1[C@H](CCSc2ccccc2)[C@@H]2CC[C@H]1O2. The Bertz CT molecular complexity index is 689. The summed E-state index contributed by atoms with van der Waals surface area (Å²) in [6, 6.07) is 10.6. The van der Waals surface area contributed by atoms with Crippen LogP contribution in [0, 0.1) is 17.3 Å². The first-order valence-corrected chi connectivity index (χ1v) is 11.8. The predicted octanol–water partition coefficient (Wildman–Crippen LogP) is 5.56. The van der Waals surface area contributed by atoms with Crippen molar-refractivity contribution < 1.29 is 14.7 Å². The van der Waals surface area contributed by atoms with Crippen LogP contribution in [0.25, 0.3) is 0 Å². The van der Waals surface area contributed by atoms with Crippen molar-refractivity contribution >= 4 is 17.7 Å². The summed E-state index contributed by atoms with van der Waals surface area (Å²) in [6.07, 6.45) is 11.7. The van der Waals surface area contributed by atoms with E-state index in [9.17, 15) is 10.0 Å². The van der Waals surface area contributed by atoms with Gasteiger partial charge in [0.05, 0.1) is 12.2 Å². The van der Waals surface area contributed by atoms with Gasteiger partial charge in [0.1, 0.15) is 0 Å². The Morgan fingerprint density at radius 3 is 2.59 bits per heavy atom. The molecule has 4 nitrogen and oxygen atoms in total. The van der Waals surface area contributed by atoms with E-state index >= 15 is 0 Å². The highest BCUT2D eigenvalue weighted by Crippen LogP contribution is 2.47. The molecule has 2 fully saturated rings. The molecule has 2 heterocycles. The number of carbonyl (C=O) groups excluding carboxylic acids is 1. The monoisotopic (exact) mass is 417 g/mol. The van der Waals surface area contributed by atoms with Gasteiger partial charge in [-0.1, -0.05) is 44.2 Å². The van der Waals surface area contributed by atoms with Crippen LogP contribution in [0.15, 0.2) is 47.4 Å². The first-order chi connectivity index (χ1) is 13.9. The molecular weight excluding hydrogens is 382 g/mol. The summed E-state index contributed by atoms with van der Waals surface area (Å²) in [5.74, 6) is 2.20. The minimum absolute atomic E-state index is 0.233. The van der Waals surface area contributed by atoms with E-state index in [1.54, 1.807) is 0 Å². The Kier molecular flexibility index (Phi) is 7.83. The molecule has 0 unspecified atom stereocenters. The predicted molar refractivity (Wildman–Crippen MR) is 118 cm³/mol. The van der Waals surface area contributed by atoms with Crippen LogP contribution in [-0.2, 0) is 9.53 Å². The number of benzene rings is 1. The highest BCUT2D eigenvalue weighted by atomic mass is 32.2. The smallest absolute Gasteiger partial charge is 0.251 e. The molecule has 0 aliphatic carbocycles. The van der Waals surface area contributed by atoms with Crippen molar-refractivity contribution in [2.24, 2.45) is 17.3 Å². The molecule has 4 atom stereocenters. The quantitative estimate of drug-likeness (QED) is 0.234. The lowest BCUT2D eigenvalue weighted by molar-refractivity contribution is -0.169. The first-order valence-electron chi connectivity index (χ1n) is 10.8. The molecule has 29 heavy (non-hydrogen) atoms. The summed E-state index contributed by atoms with van der Waals surface area (Å²) in [5.41, 5.74) is -0.541. The highest BCUT2D eigenvalue weighted by Gasteiger charge is 2.47. The van der Waals surface area contributed by atoms with Gasteiger partial charge in [0.2, 0.25) is 0 Å². The molecule has 3 rings (SSSR count). The third kappa shape index (κ3) is 5.87. The topological polar surface area (TPSA) is 49.8 Å². The van der Waals surface area contributed by atoms with Gasteiger partial charge in [0.15, 0.2) is 0 Å². The zero-order valence-corrected chi connectivity index (χ0v) is 18.7. The van der Waals surface area contributed by atoms with Gasteiger partial charge in [-0.2, -0.15) is 0 Å². The Balaban J connectivity index is 1.45. The molecule has 2 aliphatic rings. The van der Waals surface area contributed by atoms with Crippen LogP contribution in [-0.4, -0.2) is 41.2 Å². The number of amides is 1. The number of hydroxylamine groups is 2. The maximum atomic E-state index is 12.0. The van der Waals surface area contributed by atoms with Crippen molar-refractivity contribution in [1.29, 1.82) is 0 Å². The highest BCUT2D eigenvalue weighted by molar-refractivity contribution is 7.99. The van der Waals surface area contributed by atoms with E-state index in [0.717, 1.165) is 25.0 Å². The Hall–Kier alpha value is -1.30. The molecule has 1 N–H and O–H groups in total. The van der Waals surface area contributed by atoms with Gasteiger partial charge in [-0.25, -0.2) is 5.06 Å². The van der Waals surface area contributed by atoms with Crippen LogP contribution in [0.4, 0.5) is 0 Å². The van der Waals surface area contributed by atoms with E-state index in [1.807, 2.05) is 25.6 Å². The molecule has 1 amide bonds. The van der Waals surface area contributed by atoms with Gasteiger partial charge in [-0.15, -0.1) is 11.8 Å². The Labute approximate surface area is 179 Å². The van der Waals surface area contributed by atoms with E-state index < -0.39 is 5.41 Å². The van der Waals surface area contributed by atoms with Crippen LogP contribution in [0.1, 0.15) is 52.4 Å². The summed E-state index contributed by atoms with van der Waals surface area (Å²) in [4.78, 5) is 13.3. The van der Waals surface area contributed by atoms with Gasteiger partial charge in [-0.3, -0.25) is 10.0 Å². The average Bonchev–Trinajstić information content (AvgIpc) is 3.30. The van der Waals surface area contributed by atoms with Crippen molar-refractivity contribution in [3.8, 4) is 0 Å². The summed E-state index contributed by atoms with van der Waals surface area (Å²) >= 11 is 1.95. The van der Waals surface area contributed by atoms with Crippen LogP contribution >= 0.6 is 11.8 Å².